The summed E-state index contributed by atoms with van der Waals surface area (Å²) in [5.41, 5.74) is 7.31. The molecule has 0 atom stereocenters. The van der Waals surface area contributed by atoms with Gasteiger partial charge in [0.1, 0.15) is 0 Å². The van der Waals surface area contributed by atoms with Gasteiger partial charge in [-0.15, -0.1) is 0 Å². The minimum absolute atomic E-state index is 0.242. The van der Waals surface area contributed by atoms with Crippen LogP contribution in [0.15, 0.2) is 12.1 Å². The molecule has 0 aliphatic heterocycles. The van der Waals surface area contributed by atoms with Gasteiger partial charge in [0, 0.05) is 32.4 Å². The molecule has 1 fully saturated rings. The van der Waals surface area contributed by atoms with Gasteiger partial charge in [-0.1, -0.05) is 0 Å². The summed E-state index contributed by atoms with van der Waals surface area (Å²) in [5, 5.41) is 3.32. The molecular weight excluding hydrogens is 259 g/mol. The standard InChI is InChI=1S/C15H23FN2O2/c1-3-20-14-9-13(12(17)8-11(14)16)18-10-15(4-5-15)6-7-19-2/h8-9,18H,3-7,10,17H2,1-2H3. The van der Waals surface area contributed by atoms with Gasteiger partial charge in [-0.3, -0.25) is 0 Å². The summed E-state index contributed by atoms with van der Waals surface area (Å²) < 4.78 is 24.0. The van der Waals surface area contributed by atoms with Crippen LogP contribution in [0.3, 0.4) is 0 Å². The average molecular weight is 282 g/mol. The molecule has 0 saturated heterocycles. The van der Waals surface area contributed by atoms with Gasteiger partial charge in [0.05, 0.1) is 18.0 Å². The molecule has 1 saturated carbocycles. The molecule has 0 bridgehead atoms. The third-order valence-corrected chi connectivity index (χ3v) is 3.85. The highest BCUT2D eigenvalue weighted by molar-refractivity contribution is 5.68. The lowest BCUT2D eigenvalue weighted by Crippen LogP contribution is -2.18. The second-order valence-electron chi connectivity index (χ2n) is 5.40. The van der Waals surface area contributed by atoms with E-state index >= 15 is 0 Å². The van der Waals surface area contributed by atoms with Crippen molar-refractivity contribution in [2.75, 3.05) is 37.9 Å². The van der Waals surface area contributed by atoms with Gasteiger partial charge in [0.25, 0.3) is 0 Å². The van der Waals surface area contributed by atoms with Gasteiger partial charge in [0.15, 0.2) is 11.6 Å². The molecule has 0 amide bonds. The van der Waals surface area contributed by atoms with Crippen molar-refractivity contribution in [2.24, 2.45) is 5.41 Å². The Morgan fingerprint density at radius 2 is 2.15 bits per heavy atom. The SMILES string of the molecule is CCOc1cc(NCC2(CCOC)CC2)c(N)cc1F. The maximum atomic E-state index is 13.6. The van der Waals surface area contributed by atoms with Crippen molar-refractivity contribution < 1.29 is 13.9 Å². The summed E-state index contributed by atoms with van der Waals surface area (Å²) in [7, 11) is 1.72. The molecule has 3 N–H and O–H groups in total. The summed E-state index contributed by atoms with van der Waals surface area (Å²) in [4.78, 5) is 0. The van der Waals surface area contributed by atoms with Gasteiger partial charge in [-0.2, -0.15) is 0 Å². The molecule has 20 heavy (non-hydrogen) atoms. The van der Waals surface area contributed by atoms with Crippen LogP contribution < -0.4 is 15.8 Å². The van der Waals surface area contributed by atoms with Crippen molar-refractivity contribution >= 4 is 11.4 Å². The Kier molecular flexibility index (Phi) is 4.70. The van der Waals surface area contributed by atoms with Crippen LogP contribution in [-0.2, 0) is 4.74 Å². The molecule has 0 aromatic heterocycles. The van der Waals surface area contributed by atoms with Gasteiger partial charge < -0.3 is 20.5 Å². The van der Waals surface area contributed by atoms with Crippen LogP contribution in [0, 0.1) is 11.2 Å². The molecular formula is C15H23FN2O2. The zero-order chi connectivity index (χ0) is 14.6. The molecule has 112 valence electrons. The highest BCUT2D eigenvalue weighted by Gasteiger charge is 2.41. The fourth-order valence-electron chi connectivity index (χ4n) is 2.28. The van der Waals surface area contributed by atoms with Crippen LogP contribution in [0.25, 0.3) is 0 Å². The third kappa shape index (κ3) is 3.54. The molecule has 1 aromatic carbocycles. The van der Waals surface area contributed by atoms with E-state index < -0.39 is 5.82 Å². The first-order valence-electron chi connectivity index (χ1n) is 7.05. The lowest BCUT2D eigenvalue weighted by atomic mass is 10.0. The van der Waals surface area contributed by atoms with Crippen LogP contribution in [0.5, 0.6) is 5.75 Å². The van der Waals surface area contributed by atoms with Crippen molar-refractivity contribution in [1.82, 2.24) is 0 Å². The molecule has 1 aliphatic carbocycles. The number of hydrogen-bond acceptors (Lipinski definition) is 4. The summed E-state index contributed by atoms with van der Waals surface area (Å²) in [6.07, 6.45) is 3.43. The average Bonchev–Trinajstić information content (AvgIpc) is 3.19. The number of nitrogens with two attached hydrogens (primary N) is 1. The Hall–Kier alpha value is -1.49. The Morgan fingerprint density at radius 1 is 1.40 bits per heavy atom. The summed E-state index contributed by atoms with van der Waals surface area (Å²) in [6, 6.07) is 2.95. The first-order valence-corrected chi connectivity index (χ1v) is 7.05. The lowest BCUT2D eigenvalue weighted by Gasteiger charge is -2.18. The Morgan fingerprint density at radius 3 is 2.75 bits per heavy atom. The quantitative estimate of drug-likeness (QED) is 0.720. The van der Waals surface area contributed by atoms with Gasteiger partial charge in [0.2, 0.25) is 0 Å². The zero-order valence-electron chi connectivity index (χ0n) is 12.2. The largest absolute Gasteiger partial charge is 0.491 e. The van der Waals surface area contributed by atoms with Crippen LogP contribution in [-0.4, -0.2) is 26.9 Å². The Bertz CT molecular complexity index is 461. The number of hydrogen-bond donors (Lipinski definition) is 2. The fourth-order valence-corrected chi connectivity index (χ4v) is 2.28. The Balaban J connectivity index is 2.00. The van der Waals surface area contributed by atoms with Gasteiger partial charge in [-0.05, 0) is 31.6 Å². The maximum Gasteiger partial charge on any atom is 0.167 e. The van der Waals surface area contributed by atoms with E-state index in [2.05, 4.69) is 5.32 Å². The lowest BCUT2D eigenvalue weighted by molar-refractivity contribution is 0.175. The fraction of sp³-hybridized carbons (Fsp3) is 0.600. The monoisotopic (exact) mass is 282 g/mol. The summed E-state index contributed by atoms with van der Waals surface area (Å²) in [6.45, 7) is 3.85. The predicted octanol–water partition coefficient (Wildman–Crippen LogP) is 3.04. The van der Waals surface area contributed by atoms with E-state index in [1.807, 2.05) is 6.92 Å². The number of anilines is 2. The number of nitrogens with one attached hydrogen (secondary N) is 1. The first kappa shape index (κ1) is 14.9. The Labute approximate surface area is 119 Å². The molecule has 4 nitrogen and oxygen atoms in total. The van der Waals surface area contributed by atoms with Crippen LogP contribution in [0.2, 0.25) is 0 Å². The number of benzene rings is 1. The number of halogens is 1. The van der Waals surface area contributed by atoms with Crippen LogP contribution in [0.1, 0.15) is 26.2 Å². The van der Waals surface area contributed by atoms with Gasteiger partial charge >= 0.3 is 0 Å². The normalized spacial score (nSPS) is 15.9. The van der Waals surface area contributed by atoms with Crippen LogP contribution in [0.4, 0.5) is 15.8 Å². The minimum atomic E-state index is -0.421. The molecule has 2 rings (SSSR count). The van der Waals surface area contributed by atoms with E-state index in [0.29, 0.717) is 17.7 Å². The van der Waals surface area contributed by atoms with Crippen molar-refractivity contribution in [2.45, 2.75) is 26.2 Å². The summed E-state index contributed by atoms with van der Waals surface area (Å²) >= 11 is 0. The highest BCUT2D eigenvalue weighted by atomic mass is 19.1. The molecule has 0 spiro atoms. The third-order valence-electron chi connectivity index (χ3n) is 3.85. The minimum Gasteiger partial charge on any atom is -0.491 e. The number of nitrogen functional groups attached to an aromatic ring is 1. The smallest absolute Gasteiger partial charge is 0.167 e. The maximum absolute atomic E-state index is 13.6. The topological polar surface area (TPSA) is 56.5 Å². The van der Waals surface area contributed by atoms with E-state index in [-0.39, 0.29) is 5.75 Å². The molecule has 1 aromatic rings. The number of methoxy groups -OCH3 is 1. The van der Waals surface area contributed by atoms with E-state index in [9.17, 15) is 4.39 Å². The summed E-state index contributed by atoms with van der Waals surface area (Å²) in [5.74, 6) is -0.179. The number of ether oxygens (including phenoxy) is 2. The predicted molar refractivity (Wildman–Crippen MR) is 78.6 cm³/mol. The van der Waals surface area contributed by atoms with E-state index in [1.165, 1.54) is 18.9 Å². The van der Waals surface area contributed by atoms with Crippen LogP contribution >= 0.6 is 0 Å². The second-order valence-corrected chi connectivity index (χ2v) is 5.40. The molecule has 0 heterocycles. The van der Waals surface area contributed by atoms with Crippen molar-refractivity contribution in [3.63, 3.8) is 0 Å². The highest BCUT2D eigenvalue weighted by Crippen LogP contribution is 2.49. The number of rotatable bonds is 8. The van der Waals surface area contributed by atoms with E-state index in [4.69, 9.17) is 15.2 Å². The second kappa shape index (κ2) is 6.31. The molecule has 1 aliphatic rings. The molecule has 0 unspecified atom stereocenters. The molecule has 0 radical (unpaired) electrons. The van der Waals surface area contributed by atoms with Crippen molar-refractivity contribution in [1.29, 1.82) is 0 Å². The molecule has 5 heteroatoms. The van der Waals surface area contributed by atoms with Crippen molar-refractivity contribution in [3.05, 3.63) is 17.9 Å². The van der Waals surface area contributed by atoms with Crippen molar-refractivity contribution in [3.8, 4) is 5.75 Å². The van der Waals surface area contributed by atoms with Gasteiger partial charge in [-0.25, -0.2) is 4.39 Å². The first-order chi connectivity index (χ1) is 9.60. The van der Waals surface area contributed by atoms with E-state index in [0.717, 1.165) is 25.3 Å². The van der Waals surface area contributed by atoms with E-state index in [1.54, 1.807) is 13.2 Å². The zero-order valence-corrected chi connectivity index (χ0v) is 12.2.